The number of nitriles is 1. The van der Waals surface area contributed by atoms with Gasteiger partial charge >= 0.3 is 78.3 Å². The van der Waals surface area contributed by atoms with Crippen LogP contribution >= 0.6 is 35.4 Å². The quantitative estimate of drug-likeness (QED) is 0.0474. The number of ether oxygens (including phenoxy) is 2. The van der Waals surface area contributed by atoms with Gasteiger partial charge in [0.05, 0.1) is 29.7 Å². The van der Waals surface area contributed by atoms with E-state index in [0.29, 0.717) is 47.6 Å². The van der Waals surface area contributed by atoms with Crippen molar-refractivity contribution in [3.05, 3.63) is 81.9 Å². The van der Waals surface area contributed by atoms with Gasteiger partial charge in [-0.1, -0.05) is 59.7 Å². The van der Waals surface area contributed by atoms with E-state index in [1.165, 1.54) is 20.8 Å². The zero-order chi connectivity index (χ0) is 48.5. The van der Waals surface area contributed by atoms with Crippen molar-refractivity contribution in [3.8, 4) is 6.07 Å². The summed E-state index contributed by atoms with van der Waals surface area (Å²) < 4.78 is 22.0. The van der Waals surface area contributed by atoms with Gasteiger partial charge < -0.3 is 19.4 Å². The molecule has 0 unspecified atom stereocenters. The van der Waals surface area contributed by atoms with Crippen LogP contribution in [0.1, 0.15) is 111 Å². The van der Waals surface area contributed by atoms with E-state index in [1.54, 1.807) is 27.6 Å². The predicted octanol–water partition coefficient (Wildman–Crippen LogP) is 7.37. The fourth-order valence-corrected chi connectivity index (χ4v) is 7.78. The van der Waals surface area contributed by atoms with Gasteiger partial charge in [-0.15, -0.1) is 10.2 Å². The number of hydrogen-bond donors (Lipinski definition) is 3. The second-order valence-corrected chi connectivity index (χ2v) is 20.3. The number of nitrogens with one attached hydrogen (secondary N) is 2. The van der Waals surface area contributed by atoms with E-state index < -0.39 is 36.7 Å². The first-order valence-electron chi connectivity index (χ1n) is 20.2. The van der Waals surface area contributed by atoms with Gasteiger partial charge in [0, 0.05) is 36.6 Å². The molecule has 64 heavy (non-hydrogen) atoms. The maximum atomic E-state index is 12.5. The van der Waals surface area contributed by atoms with Crippen LogP contribution in [0, 0.1) is 11.3 Å². The first kappa shape index (κ1) is 57.4. The number of carbonyl (C=O) groups is 5. The van der Waals surface area contributed by atoms with Crippen molar-refractivity contribution >= 4 is 70.9 Å². The number of halogens is 2. The van der Waals surface area contributed by atoms with Crippen LogP contribution in [0.15, 0.2) is 54.9 Å². The van der Waals surface area contributed by atoms with E-state index in [-0.39, 0.29) is 36.2 Å². The molecule has 18 nitrogen and oxygen atoms in total. The number of benzene rings is 2. The summed E-state index contributed by atoms with van der Waals surface area (Å²) >= 11 is 15.3. The molecule has 2 fully saturated rings. The molecule has 2 atom stereocenters. The summed E-state index contributed by atoms with van der Waals surface area (Å²) in [4.78, 5) is 58.0. The van der Waals surface area contributed by atoms with Crippen LogP contribution in [0.3, 0.4) is 0 Å². The summed E-state index contributed by atoms with van der Waals surface area (Å²) in [6, 6.07) is 16.9. The largest absolute Gasteiger partial charge is 0.444 e. The molecule has 1 aromatic heterocycles. The standard InChI is InChI=1S/C18H23ClN4O2.C17H23ClN2O2S.C2H3N.2C2H4O2.CH4N2O.Hg/c1-18(2,3)25-17(24)23-10-4-5-15(23)16-21-20-12-22(16)11-13-6-8-14(19)9-7-13;1-17(2,3)22-16(21)20-10-4-5-14(20)15(23)19-11-12-6-8-13(18)9-7-12;1-2-3;2*1-2(3)4;2-3-1-4;/h6-9,12,15H,4-5,10-11H2,1-3H3;6-9,14H,4-5,10-11H2,1-3H3,(H,19,23);1H3;2*1H3,(H,3,4);1H,2H2,(H,3,4);/q;;;;;;+2/p-2/t15-;14-;;;;;/m11...../s1. The number of carbonyl (C=O) groups excluding carboxylic acids is 5. The van der Waals surface area contributed by atoms with Crippen molar-refractivity contribution in [2.75, 3.05) is 13.1 Å². The molecule has 2 saturated heterocycles. The van der Waals surface area contributed by atoms with Crippen LogP contribution in [-0.4, -0.2) is 90.4 Å². The van der Waals surface area contributed by atoms with Crippen LogP contribution in [0.5, 0.6) is 0 Å². The molecule has 2 aromatic carbocycles. The Balaban J connectivity index is 0.000000482. The maximum Gasteiger partial charge on any atom is 0.410 e. The van der Waals surface area contributed by atoms with Crippen molar-refractivity contribution in [3.63, 3.8) is 0 Å². The molecule has 0 bridgehead atoms. The SMILES string of the molecule is CC#N.CC(=O)[O][Hg][O]C(C)=O.CC(C)(C)OC(=O)N1CCC[C@@H]1C(=S)NCc1ccc(Cl)cc1.CC(C)(C)OC(=O)N1CCC[C@@H]1c1nncn1Cc1ccc(Cl)cc1.NNC=O. The van der Waals surface area contributed by atoms with E-state index >= 15 is 0 Å². The minimum Gasteiger partial charge on any atom is -0.444 e. The Labute approximate surface area is 404 Å². The van der Waals surface area contributed by atoms with Crippen LogP contribution in [0.4, 0.5) is 9.59 Å². The fraction of sp³-hybridized carbons (Fsp3) is 0.500. The number of thiocarbonyl (C=S) groups is 1. The molecule has 0 saturated carbocycles. The van der Waals surface area contributed by atoms with Gasteiger partial charge in [-0.2, -0.15) is 5.26 Å². The molecule has 348 valence electrons. The third-order valence-electron chi connectivity index (χ3n) is 8.25. The van der Waals surface area contributed by atoms with Crippen LogP contribution in [0.2, 0.25) is 10.0 Å². The number of hydrogen-bond acceptors (Lipinski definition) is 14. The van der Waals surface area contributed by atoms with Gasteiger partial charge in [-0.25, -0.2) is 15.4 Å². The molecule has 2 aliphatic rings. The first-order chi connectivity index (χ1) is 30.0. The minimum atomic E-state index is -2.04. The van der Waals surface area contributed by atoms with Crippen LogP contribution < -0.4 is 16.6 Å². The monoisotopic (exact) mass is 1140 g/mol. The molecule has 2 aliphatic heterocycles. The summed E-state index contributed by atoms with van der Waals surface area (Å²) in [6.07, 6.45) is 5.11. The Morgan fingerprint density at radius 3 is 1.80 bits per heavy atom. The smallest absolute Gasteiger partial charge is 0.410 e. The molecule has 0 radical (unpaired) electrons. The summed E-state index contributed by atoms with van der Waals surface area (Å²) in [5.74, 6) is 4.47. The number of hydrazine groups is 1. The van der Waals surface area contributed by atoms with E-state index in [9.17, 15) is 19.2 Å². The van der Waals surface area contributed by atoms with Crippen molar-refractivity contribution in [2.24, 2.45) is 5.84 Å². The Kier molecular flexibility index (Phi) is 26.7. The van der Waals surface area contributed by atoms with Gasteiger partial charge in [0.2, 0.25) is 6.41 Å². The zero-order valence-electron chi connectivity index (χ0n) is 37.9. The number of amides is 3. The molecule has 3 amide bonds. The van der Waals surface area contributed by atoms with Crippen molar-refractivity contribution < 1.29 is 64.2 Å². The second kappa shape index (κ2) is 29.8. The van der Waals surface area contributed by atoms with Crippen molar-refractivity contribution in [1.29, 1.82) is 5.26 Å². The molecule has 4 N–H and O–H groups in total. The third-order valence-corrected chi connectivity index (χ3v) is 13.2. The topological polar surface area (TPSA) is 233 Å². The van der Waals surface area contributed by atoms with E-state index in [2.05, 4.69) is 26.6 Å². The molecule has 5 rings (SSSR count). The van der Waals surface area contributed by atoms with Crippen LogP contribution in [0.25, 0.3) is 0 Å². The fourth-order valence-electron chi connectivity index (χ4n) is 5.69. The minimum absolute atomic E-state index is 0.0906. The average Bonchev–Trinajstić information content (AvgIpc) is 4.00. The molecule has 3 aromatic rings. The predicted molar refractivity (Wildman–Crippen MR) is 241 cm³/mol. The Morgan fingerprint density at radius 1 is 0.875 bits per heavy atom. The summed E-state index contributed by atoms with van der Waals surface area (Å²) in [5, 5.41) is 20.3. The van der Waals surface area contributed by atoms with E-state index in [1.807, 2.05) is 94.6 Å². The Bertz CT molecular complexity index is 1960. The molecule has 22 heteroatoms. The first-order valence-corrected chi connectivity index (χ1v) is 25.8. The number of rotatable bonds is 9. The zero-order valence-corrected chi connectivity index (χ0v) is 45.7. The normalized spacial score (nSPS) is 14.9. The van der Waals surface area contributed by atoms with Gasteiger partial charge in [0.15, 0.2) is 5.82 Å². The molecule has 3 heterocycles. The van der Waals surface area contributed by atoms with Gasteiger partial charge in [0.1, 0.15) is 17.5 Å². The number of aromatic nitrogens is 3. The Hall–Kier alpha value is -4.61. The molecular weight excluding hydrogens is 1080 g/mol. The number of nitrogens with zero attached hydrogens (tertiary/aromatic N) is 6. The van der Waals surface area contributed by atoms with Gasteiger partial charge in [0.25, 0.3) is 0 Å². The van der Waals surface area contributed by atoms with E-state index in [4.69, 9.17) is 54.9 Å². The summed E-state index contributed by atoms with van der Waals surface area (Å²) in [7, 11) is 0. The second-order valence-electron chi connectivity index (χ2n) is 15.8. The van der Waals surface area contributed by atoms with Gasteiger partial charge in [-0.3, -0.25) is 20.0 Å². The number of nitrogens with two attached hydrogens (primary N) is 1. The average molecular weight is 1140 g/mol. The molecule has 0 aliphatic carbocycles. The maximum absolute atomic E-state index is 12.5. The third kappa shape index (κ3) is 23.9. The van der Waals surface area contributed by atoms with Crippen molar-refractivity contribution in [1.82, 2.24) is 35.3 Å². The van der Waals surface area contributed by atoms with E-state index in [0.717, 1.165) is 42.6 Å². The molecule has 0 spiro atoms. The summed E-state index contributed by atoms with van der Waals surface area (Å²) in [6.45, 7) is 17.9. The van der Waals surface area contributed by atoms with Crippen molar-refractivity contribution in [2.45, 2.75) is 124 Å². The van der Waals surface area contributed by atoms with Gasteiger partial charge in [-0.05, 0) is 103 Å². The summed E-state index contributed by atoms with van der Waals surface area (Å²) in [5.41, 5.74) is 2.94. The molecular formula is C42H59Cl2HgN9O9S. The van der Waals surface area contributed by atoms with Crippen LogP contribution in [-0.2, 0) is 67.7 Å². The Morgan fingerprint density at radius 2 is 1.33 bits per heavy atom. The number of likely N-dealkylation sites (tertiary alicyclic amines) is 2.